The first-order chi connectivity index (χ1) is 6.68. The fourth-order valence-corrected chi connectivity index (χ4v) is 2.79. The molecule has 4 nitrogen and oxygen atoms in total. The summed E-state index contributed by atoms with van der Waals surface area (Å²) in [4.78, 5) is 13.1. The van der Waals surface area contributed by atoms with Crippen molar-refractivity contribution in [3.63, 3.8) is 0 Å². The lowest BCUT2D eigenvalue weighted by atomic mass is 9.79. The highest BCUT2D eigenvalue weighted by Gasteiger charge is 2.38. The van der Waals surface area contributed by atoms with E-state index in [9.17, 15) is 4.79 Å². The standard InChI is InChI=1S/C10H18N2O2/c1-12-6-8(10(13)14)4-7-2-3-11-5-9(7)12/h7-9,11H,2-6H2,1H3,(H,13,14). The number of likely N-dealkylation sites (tertiary alicyclic amines) is 1. The number of carboxylic acid groups (broad SMARTS) is 1. The van der Waals surface area contributed by atoms with Crippen molar-refractivity contribution in [1.82, 2.24) is 10.2 Å². The Morgan fingerprint density at radius 2 is 2.36 bits per heavy atom. The van der Waals surface area contributed by atoms with Crippen LogP contribution in [0.5, 0.6) is 0 Å². The van der Waals surface area contributed by atoms with Crippen molar-refractivity contribution in [3.05, 3.63) is 0 Å². The molecule has 0 aromatic carbocycles. The van der Waals surface area contributed by atoms with Gasteiger partial charge in [0.2, 0.25) is 0 Å². The molecule has 0 radical (unpaired) electrons. The van der Waals surface area contributed by atoms with Gasteiger partial charge in [-0.3, -0.25) is 4.79 Å². The van der Waals surface area contributed by atoms with Crippen LogP contribution in [-0.2, 0) is 4.79 Å². The van der Waals surface area contributed by atoms with Crippen molar-refractivity contribution >= 4 is 5.97 Å². The van der Waals surface area contributed by atoms with Gasteiger partial charge in [-0.1, -0.05) is 0 Å². The molecule has 0 aromatic heterocycles. The second kappa shape index (κ2) is 3.87. The zero-order valence-electron chi connectivity index (χ0n) is 8.57. The van der Waals surface area contributed by atoms with Gasteiger partial charge in [0.25, 0.3) is 0 Å². The third-order valence-corrected chi connectivity index (χ3v) is 3.60. The molecular weight excluding hydrogens is 180 g/mol. The molecule has 2 aliphatic heterocycles. The predicted molar refractivity (Wildman–Crippen MR) is 53.1 cm³/mol. The van der Waals surface area contributed by atoms with Crippen LogP contribution in [0, 0.1) is 11.8 Å². The number of rotatable bonds is 1. The lowest BCUT2D eigenvalue weighted by molar-refractivity contribution is -0.145. The molecule has 80 valence electrons. The Kier molecular flexibility index (Phi) is 2.74. The highest BCUT2D eigenvalue weighted by atomic mass is 16.4. The predicted octanol–water partition coefficient (Wildman–Crippen LogP) is 0.000800. The summed E-state index contributed by atoms with van der Waals surface area (Å²) >= 11 is 0. The molecule has 2 heterocycles. The van der Waals surface area contributed by atoms with E-state index in [-0.39, 0.29) is 5.92 Å². The molecular formula is C10H18N2O2. The summed E-state index contributed by atoms with van der Waals surface area (Å²) in [6.07, 6.45) is 1.99. The van der Waals surface area contributed by atoms with Gasteiger partial charge in [-0.2, -0.15) is 0 Å². The van der Waals surface area contributed by atoms with Gasteiger partial charge in [0.05, 0.1) is 5.92 Å². The third-order valence-electron chi connectivity index (χ3n) is 3.60. The van der Waals surface area contributed by atoms with E-state index in [1.54, 1.807) is 0 Å². The summed E-state index contributed by atoms with van der Waals surface area (Å²) in [5.74, 6) is -0.204. The molecule has 0 aromatic rings. The second-order valence-electron chi connectivity index (χ2n) is 4.53. The van der Waals surface area contributed by atoms with Crippen molar-refractivity contribution in [2.45, 2.75) is 18.9 Å². The first-order valence-electron chi connectivity index (χ1n) is 5.32. The minimum atomic E-state index is -0.631. The molecule has 0 bridgehead atoms. The van der Waals surface area contributed by atoms with E-state index < -0.39 is 5.97 Å². The molecule has 0 amide bonds. The minimum Gasteiger partial charge on any atom is -0.481 e. The number of carboxylic acids is 1. The number of carbonyl (C=O) groups is 1. The van der Waals surface area contributed by atoms with Crippen LogP contribution < -0.4 is 5.32 Å². The van der Waals surface area contributed by atoms with Crippen LogP contribution in [0.2, 0.25) is 0 Å². The smallest absolute Gasteiger partial charge is 0.307 e. The summed E-state index contributed by atoms with van der Waals surface area (Å²) < 4.78 is 0. The molecule has 14 heavy (non-hydrogen) atoms. The fraction of sp³-hybridized carbons (Fsp3) is 0.900. The minimum absolute atomic E-state index is 0.153. The molecule has 4 heteroatoms. The SMILES string of the molecule is CN1CC(C(=O)O)CC2CCNCC21. The maximum Gasteiger partial charge on any atom is 0.307 e. The second-order valence-corrected chi connectivity index (χ2v) is 4.53. The number of fused-ring (bicyclic) bond motifs is 1. The van der Waals surface area contributed by atoms with E-state index in [1.165, 1.54) is 0 Å². The Morgan fingerprint density at radius 1 is 1.57 bits per heavy atom. The van der Waals surface area contributed by atoms with E-state index in [2.05, 4.69) is 10.2 Å². The number of piperidine rings is 2. The van der Waals surface area contributed by atoms with Crippen LogP contribution in [0.1, 0.15) is 12.8 Å². The molecule has 2 fully saturated rings. The highest BCUT2D eigenvalue weighted by Crippen LogP contribution is 2.30. The summed E-state index contributed by atoms with van der Waals surface area (Å²) in [6.45, 7) is 2.77. The lowest BCUT2D eigenvalue weighted by Gasteiger charge is -2.44. The Morgan fingerprint density at radius 3 is 3.07 bits per heavy atom. The Hall–Kier alpha value is -0.610. The third kappa shape index (κ3) is 1.77. The van der Waals surface area contributed by atoms with E-state index in [0.29, 0.717) is 18.5 Å². The quantitative estimate of drug-likeness (QED) is 0.623. The number of likely N-dealkylation sites (N-methyl/N-ethyl adjacent to an activating group) is 1. The molecule has 0 spiro atoms. The van der Waals surface area contributed by atoms with Gasteiger partial charge >= 0.3 is 5.97 Å². The van der Waals surface area contributed by atoms with Gasteiger partial charge < -0.3 is 15.3 Å². The summed E-state index contributed by atoms with van der Waals surface area (Å²) in [5.41, 5.74) is 0. The Labute approximate surface area is 84.3 Å². The lowest BCUT2D eigenvalue weighted by Crippen LogP contribution is -2.55. The Balaban J connectivity index is 2.04. The van der Waals surface area contributed by atoms with Crippen LogP contribution >= 0.6 is 0 Å². The van der Waals surface area contributed by atoms with Gasteiger partial charge in [0.1, 0.15) is 0 Å². The maximum atomic E-state index is 10.9. The topological polar surface area (TPSA) is 52.6 Å². The first kappa shape index (κ1) is 9.93. The van der Waals surface area contributed by atoms with Crippen LogP contribution in [-0.4, -0.2) is 48.7 Å². The van der Waals surface area contributed by atoms with E-state index in [1.807, 2.05) is 7.05 Å². The summed E-state index contributed by atoms with van der Waals surface area (Å²) in [7, 11) is 2.04. The largest absolute Gasteiger partial charge is 0.481 e. The zero-order chi connectivity index (χ0) is 10.1. The van der Waals surface area contributed by atoms with Gasteiger partial charge in [-0.15, -0.1) is 0 Å². The Bertz CT molecular complexity index is 232. The monoisotopic (exact) mass is 198 g/mol. The van der Waals surface area contributed by atoms with Crippen LogP contribution in [0.15, 0.2) is 0 Å². The molecule has 0 aliphatic carbocycles. The molecule has 2 aliphatic rings. The molecule has 2 rings (SSSR count). The average Bonchev–Trinajstić information content (AvgIpc) is 2.17. The molecule has 0 saturated carbocycles. The number of hydrogen-bond acceptors (Lipinski definition) is 3. The van der Waals surface area contributed by atoms with Crippen molar-refractivity contribution in [3.8, 4) is 0 Å². The molecule has 3 unspecified atom stereocenters. The maximum absolute atomic E-state index is 10.9. The van der Waals surface area contributed by atoms with Crippen molar-refractivity contribution in [2.75, 3.05) is 26.7 Å². The van der Waals surface area contributed by atoms with E-state index >= 15 is 0 Å². The number of hydrogen-bond donors (Lipinski definition) is 2. The van der Waals surface area contributed by atoms with Crippen molar-refractivity contribution in [1.29, 1.82) is 0 Å². The van der Waals surface area contributed by atoms with Gasteiger partial charge in [-0.25, -0.2) is 0 Å². The summed E-state index contributed by atoms with van der Waals surface area (Å²) in [5, 5.41) is 12.4. The molecule has 2 N–H and O–H groups in total. The van der Waals surface area contributed by atoms with E-state index in [0.717, 1.165) is 25.9 Å². The fourth-order valence-electron chi connectivity index (χ4n) is 2.79. The molecule has 2 saturated heterocycles. The van der Waals surface area contributed by atoms with Gasteiger partial charge in [0, 0.05) is 19.1 Å². The van der Waals surface area contributed by atoms with Gasteiger partial charge in [-0.05, 0) is 32.4 Å². The van der Waals surface area contributed by atoms with Crippen molar-refractivity contribution in [2.24, 2.45) is 11.8 Å². The van der Waals surface area contributed by atoms with E-state index in [4.69, 9.17) is 5.11 Å². The van der Waals surface area contributed by atoms with Crippen molar-refractivity contribution < 1.29 is 9.90 Å². The number of nitrogens with one attached hydrogen (secondary N) is 1. The van der Waals surface area contributed by atoms with Crippen LogP contribution in [0.25, 0.3) is 0 Å². The van der Waals surface area contributed by atoms with Crippen LogP contribution in [0.4, 0.5) is 0 Å². The highest BCUT2D eigenvalue weighted by molar-refractivity contribution is 5.70. The summed E-state index contributed by atoms with van der Waals surface area (Å²) in [6, 6.07) is 0.555. The van der Waals surface area contributed by atoms with Gasteiger partial charge in [0.15, 0.2) is 0 Å². The number of aliphatic carboxylic acids is 1. The zero-order valence-corrected chi connectivity index (χ0v) is 8.57. The molecule has 3 atom stereocenters. The normalized spacial score (nSPS) is 39.1. The number of nitrogens with zero attached hydrogens (tertiary/aromatic N) is 1. The average molecular weight is 198 g/mol. The first-order valence-corrected chi connectivity index (χ1v) is 5.32. The van der Waals surface area contributed by atoms with Crippen LogP contribution in [0.3, 0.4) is 0 Å².